The molecule has 0 amide bonds. The van der Waals surface area contributed by atoms with Gasteiger partial charge in [0.2, 0.25) is 0 Å². The van der Waals surface area contributed by atoms with E-state index in [9.17, 15) is 0 Å². The Balaban J connectivity index is 2.26. The van der Waals surface area contributed by atoms with Crippen LogP contribution in [0.4, 0.5) is 0 Å². The van der Waals surface area contributed by atoms with E-state index in [-0.39, 0.29) is 5.54 Å². The minimum Gasteiger partial charge on any atom is -0.303 e. The van der Waals surface area contributed by atoms with Crippen LogP contribution >= 0.6 is 11.3 Å². The first-order chi connectivity index (χ1) is 7.97. The van der Waals surface area contributed by atoms with Crippen LogP contribution in [0.1, 0.15) is 56.1 Å². The molecule has 1 aromatic rings. The van der Waals surface area contributed by atoms with Crippen LogP contribution in [0, 0.1) is 12.8 Å². The quantitative estimate of drug-likeness (QED) is 0.885. The van der Waals surface area contributed by atoms with Gasteiger partial charge in [-0.2, -0.15) is 0 Å². The number of nitrogens with zero attached hydrogens (tertiary/aromatic N) is 1. The highest BCUT2D eigenvalue weighted by atomic mass is 32.1. The summed E-state index contributed by atoms with van der Waals surface area (Å²) in [4.78, 5) is 6.26. The van der Waals surface area contributed by atoms with E-state index in [0.29, 0.717) is 6.04 Å². The normalized spacial score (nSPS) is 28.5. The van der Waals surface area contributed by atoms with Crippen LogP contribution in [0.25, 0.3) is 0 Å². The number of aromatic nitrogens is 1. The fourth-order valence-corrected chi connectivity index (χ4v) is 4.17. The number of hydrogen-bond donors (Lipinski definition) is 1. The third-order valence-electron chi connectivity index (χ3n) is 3.60. The summed E-state index contributed by atoms with van der Waals surface area (Å²) in [6.07, 6.45) is 3.53. The molecule has 1 aromatic heterocycles. The van der Waals surface area contributed by atoms with E-state index in [1.54, 1.807) is 0 Å². The molecule has 0 bridgehead atoms. The van der Waals surface area contributed by atoms with Gasteiger partial charge in [-0.3, -0.25) is 0 Å². The number of rotatable bonds is 4. The molecule has 0 saturated heterocycles. The van der Waals surface area contributed by atoms with Crippen LogP contribution in [0.2, 0.25) is 0 Å². The molecular formula is C14H24N2S. The molecule has 1 N–H and O–H groups in total. The molecule has 0 unspecified atom stereocenters. The predicted molar refractivity (Wildman–Crippen MR) is 74.6 cm³/mol. The molecule has 3 heteroatoms. The van der Waals surface area contributed by atoms with Crippen molar-refractivity contribution in [3.63, 3.8) is 0 Å². The molecule has 1 fully saturated rings. The van der Waals surface area contributed by atoms with Gasteiger partial charge >= 0.3 is 0 Å². The van der Waals surface area contributed by atoms with Gasteiger partial charge in [-0.25, -0.2) is 4.98 Å². The van der Waals surface area contributed by atoms with Crippen molar-refractivity contribution in [2.75, 3.05) is 0 Å². The fourth-order valence-electron chi connectivity index (χ4n) is 3.00. The van der Waals surface area contributed by atoms with E-state index in [2.05, 4.69) is 39.9 Å². The first-order valence-corrected chi connectivity index (χ1v) is 7.53. The molecular weight excluding hydrogens is 228 g/mol. The molecule has 1 heterocycles. The van der Waals surface area contributed by atoms with Gasteiger partial charge in [-0.15, -0.1) is 11.3 Å². The molecule has 1 aliphatic carbocycles. The summed E-state index contributed by atoms with van der Waals surface area (Å²) in [6.45, 7) is 11.2. The summed E-state index contributed by atoms with van der Waals surface area (Å²) in [7, 11) is 0. The lowest BCUT2D eigenvalue weighted by Crippen LogP contribution is -2.54. The van der Waals surface area contributed by atoms with E-state index in [1.165, 1.54) is 28.4 Å². The van der Waals surface area contributed by atoms with Crippen molar-refractivity contribution in [2.24, 2.45) is 5.92 Å². The number of nitrogens with one attached hydrogen (secondary N) is 1. The van der Waals surface area contributed by atoms with Crippen molar-refractivity contribution in [2.45, 2.75) is 65.5 Å². The zero-order valence-electron chi connectivity index (χ0n) is 11.6. The predicted octanol–water partition coefficient (Wildman–Crippen LogP) is 3.64. The second-order valence-electron chi connectivity index (χ2n) is 5.77. The Bertz CT molecular complexity index is 389. The Labute approximate surface area is 109 Å². The van der Waals surface area contributed by atoms with Crippen LogP contribution in [0.15, 0.2) is 0 Å². The SMILES string of the molecule is CCc1nc(C2(NC(C)C)CC(C)C2)sc1C. The summed E-state index contributed by atoms with van der Waals surface area (Å²) >= 11 is 1.89. The second-order valence-corrected chi connectivity index (χ2v) is 6.97. The van der Waals surface area contributed by atoms with Crippen molar-refractivity contribution in [1.29, 1.82) is 0 Å². The Morgan fingerprint density at radius 3 is 2.53 bits per heavy atom. The lowest BCUT2D eigenvalue weighted by atomic mass is 9.69. The highest BCUT2D eigenvalue weighted by molar-refractivity contribution is 7.11. The average Bonchev–Trinajstić information content (AvgIpc) is 2.56. The van der Waals surface area contributed by atoms with Crippen LogP contribution in [0.3, 0.4) is 0 Å². The lowest BCUT2D eigenvalue weighted by molar-refractivity contribution is 0.104. The summed E-state index contributed by atoms with van der Waals surface area (Å²) in [5.74, 6) is 0.829. The standard InChI is InChI=1S/C14H24N2S/c1-6-12-11(5)17-13(15-12)14(16-9(2)3)7-10(4)8-14/h9-10,16H,6-8H2,1-5H3. The van der Waals surface area contributed by atoms with E-state index in [1.807, 2.05) is 11.3 Å². The molecule has 0 spiro atoms. The number of thiazole rings is 1. The second kappa shape index (κ2) is 4.69. The molecule has 0 atom stereocenters. The minimum atomic E-state index is 0.177. The maximum Gasteiger partial charge on any atom is 0.113 e. The molecule has 2 rings (SSSR count). The monoisotopic (exact) mass is 252 g/mol. The van der Waals surface area contributed by atoms with E-state index >= 15 is 0 Å². The van der Waals surface area contributed by atoms with Gasteiger partial charge in [0.15, 0.2) is 0 Å². The fraction of sp³-hybridized carbons (Fsp3) is 0.786. The highest BCUT2D eigenvalue weighted by Crippen LogP contribution is 2.47. The summed E-state index contributed by atoms with van der Waals surface area (Å²) in [6, 6.07) is 0.525. The summed E-state index contributed by atoms with van der Waals surface area (Å²) in [5, 5.41) is 5.07. The molecule has 2 nitrogen and oxygen atoms in total. The first-order valence-electron chi connectivity index (χ1n) is 6.71. The largest absolute Gasteiger partial charge is 0.303 e. The van der Waals surface area contributed by atoms with E-state index in [0.717, 1.165) is 12.3 Å². The van der Waals surface area contributed by atoms with Gasteiger partial charge in [-0.1, -0.05) is 13.8 Å². The van der Waals surface area contributed by atoms with Crippen molar-refractivity contribution in [3.8, 4) is 0 Å². The Morgan fingerprint density at radius 2 is 2.12 bits per heavy atom. The molecule has 0 aliphatic heterocycles. The molecule has 0 radical (unpaired) electrons. The van der Waals surface area contributed by atoms with Gasteiger partial charge in [0.1, 0.15) is 5.01 Å². The minimum absolute atomic E-state index is 0.177. The topological polar surface area (TPSA) is 24.9 Å². The van der Waals surface area contributed by atoms with Gasteiger partial charge < -0.3 is 5.32 Å². The van der Waals surface area contributed by atoms with E-state index < -0.39 is 0 Å². The van der Waals surface area contributed by atoms with Crippen molar-refractivity contribution in [3.05, 3.63) is 15.6 Å². The van der Waals surface area contributed by atoms with Crippen molar-refractivity contribution < 1.29 is 0 Å². The van der Waals surface area contributed by atoms with Crippen molar-refractivity contribution in [1.82, 2.24) is 10.3 Å². The molecule has 1 aliphatic rings. The third kappa shape index (κ3) is 2.41. The molecule has 0 aromatic carbocycles. The third-order valence-corrected chi connectivity index (χ3v) is 4.81. The van der Waals surface area contributed by atoms with Crippen molar-refractivity contribution >= 4 is 11.3 Å². The zero-order chi connectivity index (χ0) is 12.6. The van der Waals surface area contributed by atoms with Crippen LogP contribution in [-0.2, 0) is 12.0 Å². The lowest BCUT2D eigenvalue weighted by Gasteiger charge is -2.47. The molecule has 17 heavy (non-hydrogen) atoms. The highest BCUT2D eigenvalue weighted by Gasteiger charge is 2.46. The van der Waals surface area contributed by atoms with Crippen LogP contribution in [-0.4, -0.2) is 11.0 Å². The van der Waals surface area contributed by atoms with Gasteiger partial charge in [0.25, 0.3) is 0 Å². The maximum atomic E-state index is 4.87. The van der Waals surface area contributed by atoms with Gasteiger partial charge in [0, 0.05) is 10.9 Å². The average molecular weight is 252 g/mol. The molecule has 1 saturated carbocycles. The Morgan fingerprint density at radius 1 is 1.47 bits per heavy atom. The Kier molecular flexibility index (Phi) is 3.60. The summed E-state index contributed by atoms with van der Waals surface area (Å²) in [5.41, 5.74) is 1.46. The summed E-state index contributed by atoms with van der Waals surface area (Å²) < 4.78 is 0. The van der Waals surface area contributed by atoms with Gasteiger partial charge in [0.05, 0.1) is 11.2 Å². The maximum absolute atomic E-state index is 4.87. The number of aryl methyl sites for hydroxylation is 2. The smallest absolute Gasteiger partial charge is 0.113 e. The first kappa shape index (κ1) is 13.0. The zero-order valence-corrected chi connectivity index (χ0v) is 12.4. The van der Waals surface area contributed by atoms with Gasteiger partial charge in [-0.05, 0) is 46.0 Å². The van der Waals surface area contributed by atoms with Crippen LogP contribution < -0.4 is 5.32 Å². The Hall–Kier alpha value is -0.410. The number of hydrogen-bond acceptors (Lipinski definition) is 3. The molecule has 96 valence electrons. The van der Waals surface area contributed by atoms with E-state index in [4.69, 9.17) is 4.98 Å². The van der Waals surface area contributed by atoms with Crippen LogP contribution in [0.5, 0.6) is 0 Å².